The van der Waals surface area contributed by atoms with Crippen LogP contribution in [0, 0.1) is 0 Å². The number of nitrogens with one attached hydrogen (secondary N) is 1. The Balaban J connectivity index is 2.23. The second kappa shape index (κ2) is 13.7. The molecule has 198 valence electrons. The molecule has 2 amide bonds. The summed E-state index contributed by atoms with van der Waals surface area (Å²) in [6.07, 6.45) is 1.92. The van der Waals surface area contributed by atoms with Gasteiger partial charge in [0.2, 0.25) is 21.8 Å². The lowest BCUT2D eigenvalue weighted by Gasteiger charge is -2.31. The van der Waals surface area contributed by atoms with E-state index in [0.29, 0.717) is 30.2 Å². The number of carbonyl (C=O) groups is 2. The largest absolute Gasteiger partial charge is 0.497 e. The summed E-state index contributed by atoms with van der Waals surface area (Å²) < 4.78 is 36.8. The Morgan fingerprint density at radius 1 is 1.00 bits per heavy atom. The molecule has 0 radical (unpaired) electrons. The van der Waals surface area contributed by atoms with Crippen LogP contribution in [0.15, 0.2) is 48.5 Å². The zero-order chi connectivity index (χ0) is 26.7. The van der Waals surface area contributed by atoms with Gasteiger partial charge in [0.25, 0.3) is 0 Å². The van der Waals surface area contributed by atoms with E-state index in [1.54, 1.807) is 36.3 Å². The van der Waals surface area contributed by atoms with Crippen LogP contribution in [-0.4, -0.2) is 64.7 Å². The third-order valence-corrected chi connectivity index (χ3v) is 6.93. The highest BCUT2D eigenvalue weighted by molar-refractivity contribution is 7.92. The van der Waals surface area contributed by atoms with E-state index in [0.717, 1.165) is 11.8 Å². The standard InChI is InChI=1S/C26H37N3O6S/c1-6-22(26(31)27-7-2)28(19-20-14-16-21(34-3)17-15-20)25(30)13-10-18-29(36(5,32)33)23-11-8-9-12-24(23)35-4/h8-9,11-12,14-17,22H,6-7,10,13,18-19H2,1-5H3,(H,27,31)/t22-/m0/s1. The van der Waals surface area contributed by atoms with E-state index >= 15 is 0 Å². The maximum Gasteiger partial charge on any atom is 0.242 e. The molecule has 0 unspecified atom stereocenters. The van der Waals surface area contributed by atoms with Gasteiger partial charge in [-0.1, -0.05) is 31.2 Å². The normalized spacial score (nSPS) is 11.9. The van der Waals surface area contributed by atoms with Crippen molar-refractivity contribution in [3.05, 3.63) is 54.1 Å². The number of hydrogen-bond donors (Lipinski definition) is 1. The van der Waals surface area contributed by atoms with Crippen LogP contribution in [0.5, 0.6) is 11.5 Å². The summed E-state index contributed by atoms with van der Waals surface area (Å²) in [6.45, 7) is 4.50. The van der Waals surface area contributed by atoms with Crippen molar-refractivity contribution in [2.24, 2.45) is 0 Å². The predicted molar refractivity (Wildman–Crippen MR) is 141 cm³/mol. The second-order valence-corrected chi connectivity index (χ2v) is 10.2. The molecule has 0 aliphatic heterocycles. The summed E-state index contributed by atoms with van der Waals surface area (Å²) in [7, 11) is -0.554. The van der Waals surface area contributed by atoms with Crippen LogP contribution < -0.4 is 19.1 Å². The highest BCUT2D eigenvalue weighted by Crippen LogP contribution is 2.30. The minimum Gasteiger partial charge on any atom is -0.497 e. The van der Waals surface area contributed by atoms with E-state index in [1.165, 1.54) is 11.4 Å². The SMILES string of the molecule is CCNC(=O)[C@H](CC)N(Cc1ccc(OC)cc1)C(=O)CCCN(c1ccccc1OC)S(C)(=O)=O. The zero-order valence-corrected chi connectivity index (χ0v) is 22.5. The summed E-state index contributed by atoms with van der Waals surface area (Å²) in [4.78, 5) is 27.7. The molecule has 1 atom stereocenters. The third-order valence-electron chi connectivity index (χ3n) is 5.75. The van der Waals surface area contributed by atoms with Gasteiger partial charge < -0.3 is 19.7 Å². The van der Waals surface area contributed by atoms with Gasteiger partial charge in [-0.05, 0) is 49.6 Å². The number of sulfonamides is 1. The summed E-state index contributed by atoms with van der Waals surface area (Å²) in [5.41, 5.74) is 1.28. The molecule has 0 aliphatic rings. The highest BCUT2D eigenvalue weighted by Gasteiger charge is 2.29. The molecule has 2 aromatic carbocycles. The lowest BCUT2D eigenvalue weighted by atomic mass is 10.1. The van der Waals surface area contributed by atoms with Crippen molar-refractivity contribution >= 4 is 27.5 Å². The van der Waals surface area contributed by atoms with E-state index in [9.17, 15) is 18.0 Å². The van der Waals surface area contributed by atoms with Gasteiger partial charge >= 0.3 is 0 Å². The molecule has 0 bridgehead atoms. The molecule has 9 nitrogen and oxygen atoms in total. The number of benzene rings is 2. The van der Waals surface area contributed by atoms with Gasteiger partial charge in [0, 0.05) is 26.1 Å². The first kappa shape index (κ1) is 29.0. The van der Waals surface area contributed by atoms with Crippen LogP contribution in [0.4, 0.5) is 5.69 Å². The van der Waals surface area contributed by atoms with Gasteiger partial charge in [-0.3, -0.25) is 13.9 Å². The summed E-state index contributed by atoms with van der Waals surface area (Å²) in [5.74, 6) is 0.688. The molecule has 0 saturated carbocycles. The Morgan fingerprint density at radius 3 is 2.22 bits per heavy atom. The van der Waals surface area contributed by atoms with Crippen molar-refractivity contribution in [3.63, 3.8) is 0 Å². The topological polar surface area (TPSA) is 105 Å². The fourth-order valence-corrected chi connectivity index (χ4v) is 4.93. The number of para-hydroxylation sites is 2. The van der Waals surface area contributed by atoms with Crippen LogP contribution in [0.3, 0.4) is 0 Å². The number of ether oxygens (including phenoxy) is 2. The molecular formula is C26H37N3O6S. The van der Waals surface area contributed by atoms with E-state index in [2.05, 4.69) is 5.32 Å². The monoisotopic (exact) mass is 519 g/mol. The van der Waals surface area contributed by atoms with Crippen molar-refractivity contribution < 1.29 is 27.5 Å². The molecule has 0 aromatic heterocycles. The highest BCUT2D eigenvalue weighted by atomic mass is 32.2. The zero-order valence-electron chi connectivity index (χ0n) is 21.7. The molecular weight excluding hydrogens is 482 g/mol. The molecule has 0 saturated heterocycles. The van der Waals surface area contributed by atoms with E-state index in [1.807, 2.05) is 38.1 Å². The Morgan fingerprint density at radius 2 is 1.67 bits per heavy atom. The smallest absolute Gasteiger partial charge is 0.242 e. The third kappa shape index (κ3) is 7.87. The number of nitrogens with zero attached hydrogens (tertiary/aromatic N) is 2. The fraction of sp³-hybridized carbons (Fsp3) is 0.462. The molecule has 2 aromatic rings. The van der Waals surface area contributed by atoms with Gasteiger partial charge in [0.05, 0.1) is 26.2 Å². The minimum absolute atomic E-state index is 0.0766. The average Bonchev–Trinajstić information content (AvgIpc) is 2.86. The van der Waals surface area contributed by atoms with Crippen LogP contribution in [0.2, 0.25) is 0 Å². The quantitative estimate of drug-likeness (QED) is 0.411. The summed E-state index contributed by atoms with van der Waals surface area (Å²) >= 11 is 0. The Kier molecular flexibility index (Phi) is 11.0. The second-order valence-electron chi connectivity index (χ2n) is 8.30. The van der Waals surface area contributed by atoms with Gasteiger partial charge in [-0.2, -0.15) is 0 Å². The van der Waals surface area contributed by atoms with Crippen LogP contribution >= 0.6 is 0 Å². The van der Waals surface area contributed by atoms with Gasteiger partial charge in [0.15, 0.2) is 0 Å². The van der Waals surface area contributed by atoms with E-state index in [4.69, 9.17) is 9.47 Å². The molecule has 36 heavy (non-hydrogen) atoms. The van der Waals surface area contributed by atoms with Crippen molar-refractivity contribution in [1.82, 2.24) is 10.2 Å². The fourth-order valence-electron chi connectivity index (χ4n) is 3.96. The molecule has 0 fully saturated rings. The summed E-state index contributed by atoms with van der Waals surface area (Å²) in [5, 5.41) is 2.81. The van der Waals surface area contributed by atoms with Crippen LogP contribution in [-0.2, 0) is 26.2 Å². The van der Waals surface area contributed by atoms with Gasteiger partial charge in [0.1, 0.15) is 17.5 Å². The number of rotatable bonds is 14. The number of likely N-dealkylation sites (N-methyl/N-ethyl adjacent to an activating group) is 1. The first-order valence-corrected chi connectivity index (χ1v) is 13.8. The molecule has 1 N–H and O–H groups in total. The number of amides is 2. The van der Waals surface area contributed by atoms with Gasteiger partial charge in [-0.25, -0.2) is 8.42 Å². The van der Waals surface area contributed by atoms with E-state index in [-0.39, 0.29) is 37.7 Å². The predicted octanol–water partition coefficient (Wildman–Crippen LogP) is 3.19. The lowest BCUT2D eigenvalue weighted by molar-refractivity contribution is -0.141. The van der Waals surface area contributed by atoms with E-state index < -0.39 is 16.1 Å². The molecule has 0 aliphatic carbocycles. The molecule has 10 heteroatoms. The molecule has 0 heterocycles. The minimum atomic E-state index is -3.61. The molecule has 0 spiro atoms. The van der Waals surface area contributed by atoms with Crippen molar-refractivity contribution in [2.75, 3.05) is 37.9 Å². The Hall–Kier alpha value is -3.27. The summed E-state index contributed by atoms with van der Waals surface area (Å²) in [6, 6.07) is 13.5. The maximum atomic E-state index is 13.4. The van der Waals surface area contributed by atoms with Crippen molar-refractivity contribution in [3.8, 4) is 11.5 Å². The number of carbonyl (C=O) groups excluding carboxylic acids is 2. The van der Waals surface area contributed by atoms with Crippen LogP contribution in [0.25, 0.3) is 0 Å². The lowest BCUT2D eigenvalue weighted by Crippen LogP contribution is -2.49. The average molecular weight is 520 g/mol. The molecule has 2 rings (SSSR count). The van der Waals surface area contributed by atoms with Gasteiger partial charge in [-0.15, -0.1) is 0 Å². The Labute approximate surface area is 214 Å². The Bertz CT molecular complexity index is 1100. The first-order chi connectivity index (χ1) is 17.2. The van der Waals surface area contributed by atoms with Crippen LogP contribution in [0.1, 0.15) is 38.7 Å². The first-order valence-electron chi connectivity index (χ1n) is 12.0. The number of methoxy groups -OCH3 is 2. The van der Waals surface area contributed by atoms with Crippen molar-refractivity contribution in [2.45, 2.75) is 45.7 Å². The van der Waals surface area contributed by atoms with Crippen molar-refractivity contribution in [1.29, 1.82) is 0 Å². The maximum absolute atomic E-state index is 13.4. The number of anilines is 1. The number of hydrogen-bond acceptors (Lipinski definition) is 6.